The quantitative estimate of drug-likeness (QED) is 0.433. The number of nitrogens with zero attached hydrogens (tertiary/aromatic N) is 2. The molecule has 0 aromatic carbocycles. The SMILES string of the molecule is CB(O)N(C)CCNC(=O)CCCN1C(=O)C=CC1=O. The van der Waals surface area contributed by atoms with Gasteiger partial charge in [-0.25, -0.2) is 0 Å². The van der Waals surface area contributed by atoms with E-state index in [4.69, 9.17) is 0 Å². The van der Waals surface area contributed by atoms with Gasteiger partial charge in [-0.1, -0.05) is 0 Å². The van der Waals surface area contributed by atoms with E-state index >= 15 is 0 Å². The van der Waals surface area contributed by atoms with Crippen LogP contribution in [0.1, 0.15) is 12.8 Å². The van der Waals surface area contributed by atoms with Crippen LogP contribution in [0.2, 0.25) is 6.82 Å². The number of carbonyl (C=O) groups is 3. The Bertz CT molecular complexity index is 394. The number of carbonyl (C=O) groups excluding carboxylic acids is 3. The second-order valence-electron chi connectivity index (χ2n) is 4.73. The predicted octanol–water partition coefficient (Wildman–Crippen LogP) is -1.15. The molecule has 0 atom stereocenters. The van der Waals surface area contributed by atoms with Crippen molar-refractivity contribution < 1.29 is 19.4 Å². The Balaban J connectivity index is 2.12. The normalized spacial score (nSPS) is 14.3. The Morgan fingerprint density at radius 3 is 2.55 bits per heavy atom. The fourth-order valence-corrected chi connectivity index (χ4v) is 1.70. The van der Waals surface area contributed by atoms with Crippen LogP contribution in [0.4, 0.5) is 0 Å². The van der Waals surface area contributed by atoms with Crippen molar-refractivity contribution in [2.24, 2.45) is 0 Å². The van der Waals surface area contributed by atoms with E-state index in [1.165, 1.54) is 12.2 Å². The molecule has 110 valence electrons. The van der Waals surface area contributed by atoms with Gasteiger partial charge in [-0.15, -0.1) is 0 Å². The third-order valence-corrected chi connectivity index (χ3v) is 3.11. The topological polar surface area (TPSA) is 89.9 Å². The van der Waals surface area contributed by atoms with Crippen LogP contribution in [0.3, 0.4) is 0 Å². The van der Waals surface area contributed by atoms with Crippen molar-refractivity contribution in [1.82, 2.24) is 15.0 Å². The Kier molecular flexibility index (Phi) is 6.40. The zero-order valence-corrected chi connectivity index (χ0v) is 11.8. The van der Waals surface area contributed by atoms with Crippen LogP contribution in [0.25, 0.3) is 0 Å². The van der Waals surface area contributed by atoms with Crippen molar-refractivity contribution in [3.05, 3.63) is 12.2 Å². The van der Waals surface area contributed by atoms with Gasteiger partial charge >= 0.3 is 7.05 Å². The lowest BCUT2D eigenvalue weighted by atomic mass is 9.86. The average molecular weight is 281 g/mol. The van der Waals surface area contributed by atoms with E-state index < -0.39 is 7.05 Å². The van der Waals surface area contributed by atoms with Crippen molar-refractivity contribution in [1.29, 1.82) is 0 Å². The minimum atomic E-state index is -0.549. The molecule has 1 rings (SSSR count). The smallest absolute Gasteiger partial charge is 0.376 e. The van der Waals surface area contributed by atoms with E-state index in [-0.39, 0.29) is 30.7 Å². The zero-order valence-electron chi connectivity index (χ0n) is 11.8. The molecule has 3 amide bonds. The maximum absolute atomic E-state index is 11.5. The van der Waals surface area contributed by atoms with Gasteiger partial charge in [0.15, 0.2) is 0 Å². The van der Waals surface area contributed by atoms with Crippen molar-refractivity contribution in [2.45, 2.75) is 19.7 Å². The average Bonchev–Trinajstić information content (AvgIpc) is 2.70. The Hall–Kier alpha value is -1.67. The first-order valence-corrected chi connectivity index (χ1v) is 6.60. The highest BCUT2D eigenvalue weighted by Gasteiger charge is 2.22. The molecule has 2 N–H and O–H groups in total. The van der Waals surface area contributed by atoms with Gasteiger partial charge in [0.1, 0.15) is 0 Å². The number of rotatable bonds is 8. The molecule has 20 heavy (non-hydrogen) atoms. The highest BCUT2D eigenvalue weighted by molar-refractivity contribution is 6.45. The molecule has 1 aliphatic heterocycles. The standard InChI is InChI=1S/C12H20BN3O4/c1-13(20)15(2)9-7-14-10(17)4-3-8-16-11(18)5-6-12(16)19/h5-6,20H,3-4,7-9H2,1-2H3,(H,14,17). The lowest BCUT2D eigenvalue weighted by molar-refractivity contribution is -0.137. The summed E-state index contributed by atoms with van der Waals surface area (Å²) in [5, 5.41) is 12.0. The monoisotopic (exact) mass is 281 g/mol. The van der Waals surface area contributed by atoms with E-state index in [1.807, 2.05) is 0 Å². The summed E-state index contributed by atoms with van der Waals surface area (Å²) < 4.78 is 0. The first kappa shape index (κ1) is 16.4. The third-order valence-electron chi connectivity index (χ3n) is 3.11. The van der Waals surface area contributed by atoms with Crippen molar-refractivity contribution >= 4 is 24.8 Å². The molecule has 0 radical (unpaired) electrons. The molecule has 0 aromatic rings. The molecule has 7 nitrogen and oxygen atoms in total. The number of imide groups is 1. The minimum Gasteiger partial charge on any atom is -0.437 e. The van der Waals surface area contributed by atoms with Crippen LogP contribution >= 0.6 is 0 Å². The summed E-state index contributed by atoms with van der Waals surface area (Å²) in [6, 6.07) is 0. The molecule has 8 heteroatoms. The highest BCUT2D eigenvalue weighted by atomic mass is 16.2. The van der Waals surface area contributed by atoms with Crippen molar-refractivity contribution in [3.8, 4) is 0 Å². The molecule has 0 bridgehead atoms. The molecule has 0 saturated carbocycles. The molecule has 0 unspecified atom stereocenters. The van der Waals surface area contributed by atoms with Gasteiger partial charge in [0.05, 0.1) is 0 Å². The molecular weight excluding hydrogens is 261 g/mol. The first-order chi connectivity index (χ1) is 9.41. The van der Waals surface area contributed by atoms with Gasteiger partial charge in [0, 0.05) is 38.2 Å². The largest absolute Gasteiger partial charge is 0.437 e. The predicted molar refractivity (Wildman–Crippen MR) is 74.6 cm³/mol. The maximum atomic E-state index is 11.5. The summed E-state index contributed by atoms with van der Waals surface area (Å²) in [5.41, 5.74) is 0. The molecule has 1 heterocycles. The summed E-state index contributed by atoms with van der Waals surface area (Å²) in [7, 11) is 1.21. The van der Waals surface area contributed by atoms with Gasteiger partial charge in [-0.05, 0) is 20.3 Å². The summed E-state index contributed by atoms with van der Waals surface area (Å²) >= 11 is 0. The van der Waals surface area contributed by atoms with Gasteiger partial charge < -0.3 is 15.2 Å². The summed E-state index contributed by atoms with van der Waals surface area (Å²) in [4.78, 5) is 36.9. The first-order valence-electron chi connectivity index (χ1n) is 6.60. The molecule has 0 spiro atoms. The summed E-state index contributed by atoms with van der Waals surface area (Å²) in [6.45, 7) is 2.91. The van der Waals surface area contributed by atoms with Gasteiger partial charge in [-0.2, -0.15) is 0 Å². The van der Waals surface area contributed by atoms with Crippen LogP contribution in [0, 0.1) is 0 Å². The Morgan fingerprint density at radius 1 is 1.40 bits per heavy atom. The lowest BCUT2D eigenvalue weighted by Crippen LogP contribution is -2.40. The van der Waals surface area contributed by atoms with Crippen molar-refractivity contribution in [3.63, 3.8) is 0 Å². The van der Waals surface area contributed by atoms with Crippen LogP contribution in [-0.2, 0) is 14.4 Å². The molecule has 1 aliphatic rings. The van der Waals surface area contributed by atoms with Crippen molar-refractivity contribution in [2.75, 3.05) is 26.7 Å². The fraction of sp³-hybridized carbons (Fsp3) is 0.583. The zero-order chi connectivity index (χ0) is 15.1. The second kappa shape index (κ2) is 7.81. The van der Waals surface area contributed by atoms with Crippen LogP contribution < -0.4 is 5.32 Å². The number of likely N-dealkylation sites (N-methyl/N-ethyl adjacent to an activating group) is 1. The number of amides is 3. The lowest BCUT2D eigenvalue weighted by Gasteiger charge is -2.17. The molecule has 0 saturated heterocycles. The molecule has 0 fully saturated rings. The Labute approximate surface area is 118 Å². The van der Waals surface area contributed by atoms with E-state index in [1.54, 1.807) is 18.7 Å². The van der Waals surface area contributed by atoms with Crippen LogP contribution in [-0.4, -0.2) is 66.2 Å². The van der Waals surface area contributed by atoms with E-state index in [2.05, 4.69) is 5.32 Å². The number of hydrogen-bond acceptors (Lipinski definition) is 5. The van der Waals surface area contributed by atoms with Crippen LogP contribution in [0.15, 0.2) is 12.2 Å². The van der Waals surface area contributed by atoms with E-state index in [0.717, 1.165) is 4.90 Å². The third kappa shape index (κ3) is 5.14. The second-order valence-corrected chi connectivity index (χ2v) is 4.73. The number of hydrogen-bond donors (Lipinski definition) is 2. The van der Waals surface area contributed by atoms with Crippen LogP contribution in [0.5, 0.6) is 0 Å². The Morgan fingerprint density at radius 2 is 2.00 bits per heavy atom. The van der Waals surface area contributed by atoms with E-state index in [0.29, 0.717) is 19.5 Å². The van der Waals surface area contributed by atoms with Gasteiger partial charge in [0.2, 0.25) is 5.91 Å². The molecule has 0 aromatic heterocycles. The molecule has 0 aliphatic carbocycles. The fourth-order valence-electron chi connectivity index (χ4n) is 1.70. The maximum Gasteiger partial charge on any atom is 0.376 e. The number of nitrogens with one attached hydrogen (secondary N) is 1. The molecular formula is C12H20BN3O4. The summed E-state index contributed by atoms with van der Waals surface area (Å²) in [6.07, 6.45) is 3.16. The minimum absolute atomic E-state index is 0.129. The van der Waals surface area contributed by atoms with Gasteiger partial charge in [-0.3, -0.25) is 19.3 Å². The van der Waals surface area contributed by atoms with E-state index in [9.17, 15) is 19.4 Å². The summed E-state index contributed by atoms with van der Waals surface area (Å²) in [5.74, 6) is -0.779. The highest BCUT2D eigenvalue weighted by Crippen LogP contribution is 2.05. The van der Waals surface area contributed by atoms with Gasteiger partial charge in [0.25, 0.3) is 11.8 Å².